The van der Waals surface area contributed by atoms with E-state index in [1.807, 2.05) is 26.0 Å². The Labute approximate surface area is 212 Å². The zero-order valence-electron chi connectivity index (χ0n) is 23.0. The topological polar surface area (TPSA) is 80.3 Å². The molecule has 2 heterocycles. The first-order chi connectivity index (χ1) is 16.3. The van der Waals surface area contributed by atoms with Crippen molar-refractivity contribution in [2.24, 2.45) is 11.8 Å². The average Bonchev–Trinajstić information content (AvgIpc) is 3.14. The van der Waals surface area contributed by atoms with Gasteiger partial charge in [-0.05, 0) is 43.5 Å². The number of ketones is 1. The highest BCUT2D eigenvalue weighted by atomic mass is 28.4. The molecule has 0 radical (unpaired) electrons. The van der Waals surface area contributed by atoms with Crippen molar-refractivity contribution in [1.29, 1.82) is 0 Å². The van der Waals surface area contributed by atoms with E-state index in [2.05, 4.69) is 33.9 Å². The number of ether oxygens (including phenoxy) is 4. The molecule has 0 aliphatic carbocycles. The molecular formula is C27H46O7Si. The quantitative estimate of drug-likeness (QED) is 0.380. The van der Waals surface area contributed by atoms with Crippen molar-refractivity contribution in [1.82, 2.24) is 0 Å². The van der Waals surface area contributed by atoms with Crippen molar-refractivity contribution in [3.05, 3.63) is 24.3 Å². The summed E-state index contributed by atoms with van der Waals surface area (Å²) in [5.41, 5.74) is 0. The standard InChI is InChI=1S/C27H46O7Si/c1-18-15-20-16-24(30-6)33-25(20)26(31-7)22(34-35(8,9)27(3,4)5)17-23(29)32-19(2)13-11-10-12-14-21(18)28/h10-12,14,18-20,22,24-26H,13,15-17H2,1-9H3/b11-10+,14-12+/t18-,19-,20-,22-,24?,25+,26+/m1/s1. The predicted molar refractivity (Wildman–Crippen MR) is 138 cm³/mol. The number of hydrogen-bond acceptors (Lipinski definition) is 7. The second-order valence-corrected chi connectivity index (χ2v) is 16.2. The molecule has 0 aromatic heterocycles. The summed E-state index contributed by atoms with van der Waals surface area (Å²) in [6.07, 6.45) is 6.88. The Hall–Kier alpha value is -1.32. The van der Waals surface area contributed by atoms with Gasteiger partial charge in [0.25, 0.3) is 0 Å². The van der Waals surface area contributed by atoms with Crippen LogP contribution in [0.15, 0.2) is 24.3 Å². The highest BCUT2D eigenvalue weighted by molar-refractivity contribution is 6.74. The molecule has 2 aliphatic heterocycles. The van der Waals surface area contributed by atoms with Crippen molar-refractivity contribution < 1.29 is 33.0 Å². The van der Waals surface area contributed by atoms with E-state index in [1.54, 1.807) is 26.4 Å². The van der Waals surface area contributed by atoms with Crippen molar-refractivity contribution >= 4 is 20.1 Å². The number of rotatable bonds is 4. The minimum absolute atomic E-state index is 0.0150. The average molecular weight is 511 g/mol. The van der Waals surface area contributed by atoms with E-state index in [4.69, 9.17) is 23.4 Å². The van der Waals surface area contributed by atoms with E-state index in [0.717, 1.165) is 0 Å². The van der Waals surface area contributed by atoms with Crippen molar-refractivity contribution in [3.8, 4) is 0 Å². The van der Waals surface area contributed by atoms with Crippen LogP contribution in [0.4, 0.5) is 0 Å². The Morgan fingerprint density at radius 1 is 1.03 bits per heavy atom. The Kier molecular flexibility index (Phi) is 10.9. The van der Waals surface area contributed by atoms with Crippen LogP contribution in [0.1, 0.15) is 60.3 Å². The number of hydrogen-bond donors (Lipinski definition) is 0. The van der Waals surface area contributed by atoms with Gasteiger partial charge in [-0.25, -0.2) is 0 Å². The number of cyclic esters (lactones) is 1. The van der Waals surface area contributed by atoms with Crippen molar-refractivity contribution in [3.63, 3.8) is 0 Å². The van der Waals surface area contributed by atoms with Crippen LogP contribution >= 0.6 is 0 Å². The van der Waals surface area contributed by atoms with Gasteiger partial charge in [0.1, 0.15) is 12.2 Å². The van der Waals surface area contributed by atoms with Crippen LogP contribution in [-0.4, -0.2) is 65.0 Å². The lowest BCUT2D eigenvalue weighted by molar-refractivity contribution is -0.171. The normalized spacial score (nSPS) is 35.9. The van der Waals surface area contributed by atoms with E-state index in [1.165, 1.54) is 0 Å². The second-order valence-electron chi connectivity index (χ2n) is 11.4. The summed E-state index contributed by atoms with van der Waals surface area (Å²) in [6, 6.07) is 0. The van der Waals surface area contributed by atoms with Gasteiger partial charge in [0.15, 0.2) is 20.4 Å². The molecule has 2 aliphatic rings. The summed E-state index contributed by atoms with van der Waals surface area (Å²) in [7, 11) is 0.982. The third kappa shape index (κ3) is 8.35. The molecule has 35 heavy (non-hydrogen) atoms. The number of carbonyl (C=O) groups excluding carboxylic acids is 2. The molecule has 200 valence electrons. The van der Waals surface area contributed by atoms with E-state index in [-0.39, 0.29) is 47.3 Å². The maximum Gasteiger partial charge on any atom is 0.308 e. The number of esters is 1. The van der Waals surface area contributed by atoms with Gasteiger partial charge >= 0.3 is 5.97 Å². The fourth-order valence-corrected chi connectivity index (χ4v) is 5.78. The summed E-state index contributed by atoms with van der Waals surface area (Å²) in [5.74, 6) is -0.411. The summed E-state index contributed by atoms with van der Waals surface area (Å²) < 4.78 is 30.3. The maximum absolute atomic E-state index is 13.0. The Bertz CT molecular complexity index is 770. The minimum Gasteiger partial charge on any atom is -0.462 e. The van der Waals surface area contributed by atoms with Crippen molar-refractivity contribution in [2.75, 3.05) is 14.2 Å². The fraction of sp³-hybridized carbons (Fsp3) is 0.778. The highest BCUT2D eigenvalue weighted by Crippen LogP contribution is 2.41. The molecule has 0 spiro atoms. The van der Waals surface area contributed by atoms with E-state index in [0.29, 0.717) is 19.3 Å². The highest BCUT2D eigenvalue weighted by Gasteiger charge is 2.48. The second kappa shape index (κ2) is 12.8. The SMILES string of the molecule is COC1C[C@H]2C[C@@H](C)C(=O)/C=C/C=C/C[C@@H](C)OC(=O)C[C@@H](O[Si](C)(C)C(C)(C)C)[C@H](OC)[C@H]2O1. The van der Waals surface area contributed by atoms with Crippen LogP contribution in [0.2, 0.25) is 18.1 Å². The number of carbonyl (C=O) groups is 2. The first-order valence-corrected chi connectivity index (χ1v) is 15.6. The lowest BCUT2D eigenvalue weighted by Gasteiger charge is -2.42. The van der Waals surface area contributed by atoms with Gasteiger partial charge in [0, 0.05) is 33.0 Å². The van der Waals surface area contributed by atoms with Gasteiger partial charge in [-0.2, -0.15) is 0 Å². The molecule has 0 amide bonds. The first kappa shape index (κ1) is 29.9. The Balaban J connectivity index is 2.46. The third-order valence-electron chi connectivity index (χ3n) is 7.56. The van der Waals surface area contributed by atoms with Crippen LogP contribution < -0.4 is 0 Å². The largest absolute Gasteiger partial charge is 0.462 e. The molecule has 0 aromatic rings. The van der Waals surface area contributed by atoms with Gasteiger partial charge < -0.3 is 23.4 Å². The van der Waals surface area contributed by atoms with Crippen molar-refractivity contribution in [2.45, 2.75) is 109 Å². The van der Waals surface area contributed by atoms with Crippen LogP contribution in [0.3, 0.4) is 0 Å². The zero-order chi connectivity index (χ0) is 26.4. The van der Waals surface area contributed by atoms with Gasteiger partial charge in [0.05, 0.1) is 18.6 Å². The van der Waals surface area contributed by atoms with Crippen LogP contribution in [-0.2, 0) is 33.0 Å². The lowest BCUT2D eigenvalue weighted by atomic mass is 9.84. The van der Waals surface area contributed by atoms with E-state index >= 15 is 0 Å². The van der Waals surface area contributed by atoms with Gasteiger partial charge in [0.2, 0.25) is 0 Å². The molecule has 0 N–H and O–H groups in total. The molecule has 1 unspecified atom stereocenters. The summed E-state index contributed by atoms with van der Waals surface area (Å²) >= 11 is 0. The summed E-state index contributed by atoms with van der Waals surface area (Å²) in [4.78, 5) is 25.8. The number of allylic oxidation sites excluding steroid dienone is 3. The smallest absolute Gasteiger partial charge is 0.308 e. The van der Waals surface area contributed by atoms with Gasteiger partial charge in [-0.15, -0.1) is 0 Å². The molecule has 0 saturated carbocycles. The predicted octanol–water partition coefficient (Wildman–Crippen LogP) is 5.20. The van der Waals surface area contributed by atoms with Crippen LogP contribution in [0.5, 0.6) is 0 Å². The molecule has 1 fully saturated rings. The van der Waals surface area contributed by atoms with Gasteiger partial charge in [-0.1, -0.05) is 45.9 Å². The number of fused-ring (bicyclic) bond motifs is 1. The lowest BCUT2D eigenvalue weighted by Crippen LogP contribution is -2.52. The molecule has 1 saturated heterocycles. The Morgan fingerprint density at radius 2 is 1.71 bits per heavy atom. The first-order valence-electron chi connectivity index (χ1n) is 12.7. The van der Waals surface area contributed by atoms with Crippen LogP contribution in [0.25, 0.3) is 0 Å². The summed E-state index contributed by atoms with van der Waals surface area (Å²) in [5, 5.41) is -0.0548. The molecular weight excluding hydrogens is 464 g/mol. The molecule has 7 atom stereocenters. The van der Waals surface area contributed by atoms with Gasteiger partial charge in [-0.3, -0.25) is 9.59 Å². The maximum atomic E-state index is 13.0. The molecule has 0 bridgehead atoms. The van der Waals surface area contributed by atoms with E-state index in [9.17, 15) is 9.59 Å². The third-order valence-corrected chi connectivity index (χ3v) is 12.1. The molecule has 8 heteroatoms. The monoisotopic (exact) mass is 510 g/mol. The van der Waals surface area contributed by atoms with E-state index < -0.39 is 26.8 Å². The molecule has 0 aromatic carbocycles. The molecule has 7 nitrogen and oxygen atoms in total. The van der Waals surface area contributed by atoms with Crippen LogP contribution in [0, 0.1) is 11.8 Å². The summed E-state index contributed by atoms with van der Waals surface area (Å²) in [6.45, 7) is 14.6. The fourth-order valence-electron chi connectivity index (χ4n) is 4.45. The zero-order valence-corrected chi connectivity index (χ0v) is 24.0. The molecule has 2 rings (SSSR count). The minimum atomic E-state index is -2.26. The number of methoxy groups -OCH3 is 2. The Morgan fingerprint density at radius 3 is 2.31 bits per heavy atom.